The van der Waals surface area contributed by atoms with Crippen molar-refractivity contribution in [1.82, 2.24) is 20.2 Å². The van der Waals surface area contributed by atoms with E-state index in [9.17, 15) is 0 Å². The zero-order chi connectivity index (χ0) is 17.1. The Bertz CT molecular complexity index is 843. The van der Waals surface area contributed by atoms with Gasteiger partial charge < -0.3 is 15.2 Å². The Morgan fingerprint density at radius 1 is 1.32 bits per heavy atom. The number of nitrogens with one attached hydrogen (secondary N) is 2. The summed E-state index contributed by atoms with van der Waals surface area (Å²) in [5.41, 5.74) is 2.50. The first-order valence-electron chi connectivity index (χ1n) is 9.03. The van der Waals surface area contributed by atoms with Crippen LogP contribution >= 0.6 is 0 Å². The predicted octanol–water partition coefficient (Wildman–Crippen LogP) is 3.24. The van der Waals surface area contributed by atoms with Gasteiger partial charge in [0, 0.05) is 36.7 Å². The highest BCUT2D eigenvalue weighted by molar-refractivity contribution is 5.83. The largest absolute Gasteiger partial charge is 0.368 e. The maximum absolute atomic E-state index is 4.65. The summed E-state index contributed by atoms with van der Waals surface area (Å²) in [5.74, 6) is 2.22. The molecule has 0 radical (unpaired) electrons. The molecule has 25 heavy (non-hydrogen) atoms. The molecule has 0 amide bonds. The molecule has 1 aliphatic rings. The van der Waals surface area contributed by atoms with Crippen LogP contribution < -0.4 is 10.2 Å². The van der Waals surface area contributed by atoms with Crippen molar-refractivity contribution in [1.29, 1.82) is 0 Å². The highest BCUT2D eigenvalue weighted by atomic mass is 15.3. The highest BCUT2D eigenvalue weighted by Crippen LogP contribution is 2.20. The molecule has 3 aromatic rings. The van der Waals surface area contributed by atoms with Crippen molar-refractivity contribution in [3.63, 3.8) is 0 Å². The van der Waals surface area contributed by atoms with Crippen LogP contribution in [0, 0.1) is 5.92 Å². The normalized spacial score (nSPS) is 17.8. The van der Waals surface area contributed by atoms with E-state index < -0.39 is 0 Å². The number of nitrogens with zero attached hydrogens (tertiary/aromatic N) is 4. The number of para-hydroxylation sites is 1. The van der Waals surface area contributed by atoms with Crippen LogP contribution in [0.25, 0.3) is 10.9 Å². The minimum Gasteiger partial charge on any atom is -0.368 e. The lowest BCUT2D eigenvalue weighted by Gasteiger charge is -2.30. The van der Waals surface area contributed by atoms with E-state index in [1.807, 2.05) is 0 Å². The number of H-pyrrole nitrogens is 1. The van der Waals surface area contributed by atoms with Crippen molar-refractivity contribution in [3.8, 4) is 0 Å². The first kappa shape index (κ1) is 15.9. The predicted molar refractivity (Wildman–Crippen MR) is 101 cm³/mol. The van der Waals surface area contributed by atoms with Gasteiger partial charge in [-0.15, -0.1) is 5.10 Å². The fourth-order valence-electron chi connectivity index (χ4n) is 3.55. The summed E-state index contributed by atoms with van der Waals surface area (Å²) in [7, 11) is 0. The number of hydrogen-bond acceptors (Lipinski definition) is 5. The van der Waals surface area contributed by atoms with Crippen LogP contribution in [0.4, 0.5) is 11.8 Å². The second kappa shape index (κ2) is 7.09. The number of piperidine rings is 1. The van der Waals surface area contributed by atoms with Gasteiger partial charge in [-0.25, -0.2) is 0 Å². The highest BCUT2D eigenvalue weighted by Gasteiger charge is 2.19. The number of aromatic amines is 1. The Kier molecular flexibility index (Phi) is 4.50. The topological polar surface area (TPSA) is 69.7 Å². The molecule has 1 saturated heterocycles. The number of aromatic nitrogens is 4. The Hall–Kier alpha value is -2.63. The molecule has 1 aromatic carbocycles. The molecule has 130 valence electrons. The van der Waals surface area contributed by atoms with Crippen molar-refractivity contribution >= 4 is 22.7 Å². The van der Waals surface area contributed by atoms with Crippen molar-refractivity contribution in [2.24, 2.45) is 5.92 Å². The van der Waals surface area contributed by atoms with E-state index in [2.05, 4.69) is 67.8 Å². The van der Waals surface area contributed by atoms with Crippen LogP contribution in [-0.4, -0.2) is 39.8 Å². The van der Waals surface area contributed by atoms with Crippen LogP contribution in [0.1, 0.15) is 25.3 Å². The Balaban J connectivity index is 1.39. The van der Waals surface area contributed by atoms with Crippen LogP contribution in [-0.2, 0) is 6.42 Å². The maximum Gasteiger partial charge on any atom is 0.247 e. The van der Waals surface area contributed by atoms with E-state index in [1.54, 1.807) is 6.20 Å². The van der Waals surface area contributed by atoms with Crippen molar-refractivity contribution in [2.75, 3.05) is 29.9 Å². The molecule has 3 heterocycles. The molecule has 2 N–H and O–H groups in total. The summed E-state index contributed by atoms with van der Waals surface area (Å²) in [4.78, 5) is 10.2. The summed E-state index contributed by atoms with van der Waals surface area (Å²) in [6, 6.07) is 8.39. The molecule has 0 spiro atoms. The quantitative estimate of drug-likeness (QED) is 0.748. The molecule has 2 aromatic heterocycles. The Labute approximate surface area is 147 Å². The average Bonchev–Trinajstić information content (AvgIpc) is 3.05. The van der Waals surface area contributed by atoms with Gasteiger partial charge in [-0.2, -0.15) is 10.1 Å². The van der Waals surface area contributed by atoms with Crippen LogP contribution in [0.15, 0.2) is 36.7 Å². The van der Waals surface area contributed by atoms with E-state index in [4.69, 9.17) is 0 Å². The number of rotatable bonds is 5. The number of hydrogen-bond donors (Lipinski definition) is 2. The van der Waals surface area contributed by atoms with Crippen molar-refractivity contribution in [3.05, 3.63) is 42.2 Å². The van der Waals surface area contributed by atoms with Gasteiger partial charge in [-0.05, 0) is 36.8 Å². The zero-order valence-electron chi connectivity index (χ0n) is 14.6. The summed E-state index contributed by atoms with van der Waals surface area (Å²) in [6.45, 7) is 5.13. The monoisotopic (exact) mass is 336 g/mol. The van der Waals surface area contributed by atoms with Crippen molar-refractivity contribution < 1.29 is 0 Å². The molecule has 4 rings (SSSR count). The van der Waals surface area contributed by atoms with Crippen LogP contribution in [0.3, 0.4) is 0 Å². The van der Waals surface area contributed by atoms with Gasteiger partial charge in [-0.1, -0.05) is 25.1 Å². The van der Waals surface area contributed by atoms with Gasteiger partial charge in [-0.3, -0.25) is 0 Å². The van der Waals surface area contributed by atoms with Crippen LogP contribution in [0.2, 0.25) is 0 Å². The third-order valence-corrected chi connectivity index (χ3v) is 4.86. The third-order valence-electron chi connectivity index (χ3n) is 4.86. The van der Waals surface area contributed by atoms with Gasteiger partial charge in [0.2, 0.25) is 5.95 Å². The number of fused-ring (bicyclic) bond motifs is 1. The van der Waals surface area contributed by atoms with E-state index in [0.29, 0.717) is 5.92 Å². The standard InChI is InChI=1S/C19H24N6/c1-14-5-4-10-25(13-14)19-23-18(12-22-24-19)20-9-8-15-11-21-17-7-3-2-6-16(15)17/h2-3,6-7,11-12,14,21H,4-5,8-10,13H2,1H3,(H,20,23,24). The molecule has 1 aliphatic heterocycles. The first-order valence-corrected chi connectivity index (χ1v) is 9.03. The van der Waals surface area contributed by atoms with Gasteiger partial charge in [0.05, 0.1) is 6.20 Å². The minimum atomic E-state index is 0.691. The van der Waals surface area contributed by atoms with Gasteiger partial charge >= 0.3 is 0 Å². The second-order valence-corrected chi connectivity index (χ2v) is 6.87. The number of anilines is 2. The minimum absolute atomic E-state index is 0.691. The maximum atomic E-state index is 4.65. The first-order chi connectivity index (χ1) is 12.3. The summed E-state index contributed by atoms with van der Waals surface area (Å²) >= 11 is 0. The summed E-state index contributed by atoms with van der Waals surface area (Å²) in [6.07, 6.45) is 7.20. The molecule has 0 aliphatic carbocycles. The third kappa shape index (κ3) is 3.57. The van der Waals surface area contributed by atoms with Gasteiger partial charge in [0.25, 0.3) is 0 Å². The Morgan fingerprint density at radius 3 is 3.16 bits per heavy atom. The lowest BCUT2D eigenvalue weighted by atomic mass is 10.0. The van der Waals surface area contributed by atoms with Crippen LogP contribution in [0.5, 0.6) is 0 Å². The lowest BCUT2D eigenvalue weighted by molar-refractivity contribution is 0.441. The van der Waals surface area contributed by atoms with E-state index in [1.165, 1.54) is 29.3 Å². The molecule has 1 fully saturated rings. The zero-order valence-corrected chi connectivity index (χ0v) is 14.6. The average molecular weight is 336 g/mol. The molecule has 1 unspecified atom stereocenters. The smallest absolute Gasteiger partial charge is 0.247 e. The Morgan fingerprint density at radius 2 is 2.24 bits per heavy atom. The van der Waals surface area contributed by atoms with Crippen molar-refractivity contribution in [2.45, 2.75) is 26.2 Å². The molecule has 6 nitrogen and oxygen atoms in total. The number of benzene rings is 1. The fourth-order valence-corrected chi connectivity index (χ4v) is 3.55. The van der Waals surface area contributed by atoms with E-state index in [0.717, 1.165) is 37.8 Å². The SMILES string of the molecule is CC1CCCN(c2nncc(NCCc3c[nH]c4ccccc34)n2)C1. The molecule has 0 saturated carbocycles. The van der Waals surface area contributed by atoms with Gasteiger partial charge in [0.1, 0.15) is 0 Å². The van der Waals surface area contributed by atoms with E-state index >= 15 is 0 Å². The summed E-state index contributed by atoms with van der Waals surface area (Å²) < 4.78 is 0. The van der Waals surface area contributed by atoms with E-state index in [-0.39, 0.29) is 0 Å². The fraction of sp³-hybridized carbons (Fsp3) is 0.421. The van der Waals surface area contributed by atoms with Gasteiger partial charge in [0.15, 0.2) is 5.82 Å². The molecule has 0 bridgehead atoms. The molecular formula is C19H24N6. The summed E-state index contributed by atoms with van der Waals surface area (Å²) in [5, 5.41) is 13.0. The molecule has 6 heteroatoms. The lowest BCUT2D eigenvalue weighted by Crippen LogP contribution is -2.35. The molecule has 1 atom stereocenters. The molecular weight excluding hydrogens is 312 g/mol. The second-order valence-electron chi connectivity index (χ2n) is 6.87.